The van der Waals surface area contributed by atoms with Crippen molar-refractivity contribution in [1.29, 1.82) is 0 Å². The van der Waals surface area contributed by atoms with Crippen molar-refractivity contribution in [3.8, 4) is 5.75 Å². The largest absolute Gasteiger partial charge is 0.489 e. The van der Waals surface area contributed by atoms with Gasteiger partial charge in [0.25, 0.3) is 0 Å². The van der Waals surface area contributed by atoms with Crippen LogP contribution in [0.5, 0.6) is 5.75 Å². The van der Waals surface area contributed by atoms with Crippen molar-refractivity contribution >= 4 is 6.09 Å². The number of carbonyl (C=O) groups is 1. The molecule has 0 fully saturated rings. The molecule has 3 rings (SSSR count). The lowest BCUT2D eigenvalue weighted by Gasteiger charge is -2.28. The highest BCUT2D eigenvalue weighted by molar-refractivity contribution is 5.65. The Kier molecular flexibility index (Phi) is 6.54. The SMILES string of the molecule is CC(C)(CC(Cc1ccc(OCc2ccccc2)cc1)c1ncc[nH]1)OC(N)=O. The van der Waals surface area contributed by atoms with Crippen LogP contribution in [0.25, 0.3) is 0 Å². The van der Waals surface area contributed by atoms with Gasteiger partial charge in [-0.1, -0.05) is 42.5 Å². The van der Waals surface area contributed by atoms with Crippen molar-refractivity contribution in [3.05, 3.63) is 83.9 Å². The number of H-pyrrole nitrogens is 1. The van der Waals surface area contributed by atoms with Crippen LogP contribution in [0, 0.1) is 0 Å². The molecule has 3 aromatic rings. The van der Waals surface area contributed by atoms with Gasteiger partial charge >= 0.3 is 6.09 Å². The van der Waals surface area contributed by atoms with Gasteiger partial charge in [0.15, 0.2) is 0 Å². The maximum Gasteiger partial charge on any atom is 0.405 e. The number of amides is 1. The predicted octanol–water partition coefficient (Wildman–Crippen LogP) is 4.58. The molecule has 1 aromatic heterocycles. The number of nitrogens with one attached hydrogen (secondary N) is 1. The zero-order chi connectivity index (χ0) is 20.7. The van der Waals surface area contributed by atoms with Crippen molar-refractivity contribution in [3.63, 3.8) is 0 Å². The van der Waals surface area contributed by atoms with Crippen LogP contribution in [0.15, 0.2) is 67.0 Å². The van der Waals surface area contributed by atoms with Gasteiger partial charge in [-0.15, -0.1) is 0 Å². The fourth-order valence-electron chi connectivity index (χ4n) is 3.42. The summed E-state index contributed by atoms with van der Waals surface area (Å²) >= 11 is 0. The summed E-state index contributed by atoms with van der Waals surface area (Å²) in [6, 6.07) is 18.1. The first-order valence-corrected chi connectivity index (χ1v) is 9.65. The first-order chi connectivity index (χ1) is 13.9. The second kappa shape index (κ2) is 9.28. The lowest BCUT2D eigenvalue weighted by molar-refractivity contribution is 0.0331. The van der Waals surface area contributed by atoms with Crippen LogP contribution in [0.1, 0.15) is 43.1 Å². The molecule has 0 aliphatic rings. The smallest absolute Gasteiger partial charge is 0.405 e. The van der Waals surface area contributed by atoms with Crippen LogP contribution >= 0.6 is 0 Å². The van der Waals surface area contributed by atoms with E-state index in [0.29, 0.717) is 13.0 Å². The maximum atomic E-state index is 11.2. The average Bonchev–Trinajstić information content (AvgIpc) is 3.21. The first kappa shape index (κ1) is 20.5. The highest BCUT2D eigenvalue weighted by atomic mass is 16.6. The number of aromatic amines is 1. The molecule has 2 aromatic carbocycles. The summed E-state index contributed by atoms with van der Waals surface area (Å²) in [5.41, 5.74) is 6.80. The Labute approximate surface area is 171 Å². The van der Waals surface area contributed by atoms with Gasteiger partial charge < -0.3 is 20.2 Å². The molecular weight excluding hydrogens is 366 g/mol. The van der Waals surface area contributed by atoms with Crippen LogP contribution in [0.2, 0.25) is 0 Å². The highest BCUT2D eigenvalue weighted by Crippen LogP contribution is 2.30. The fourth-order valence-corrected chi connectivity index (χ4v) is 3.42. The van der Waals surface area contributed by atoms with Crippen LogP contribution < -0.4 is 10.5 Å². The van der Waals surface area contributed by atoms with E-state index in [2.05, 4.69) is 22.1 Å². The lowest BCUT2D eigenvalue weighted by atomic mass is 9.88. The Balaban J connectivity index is 1.65. The molecule has 0 spiro atoms. The molecule has 6 nitrogen and oxygen atoms in total. The number of nitrogens with two attached hydrogens (primary N) is 1. The number of carbonyl (C=O) groups excluding carboxylic acids is 1. The number of rotatable bonds is 9. The summed E-state index contributed by atoms with van der Waals surface area (Å²) in [7, 11) is 0. The number of imidazole rings is 1. The van der Waals surface area contributed by atoms with E-state index in [1.807, 2.05) is 56.3 Å². The Morgan fingerprint density at radius 3 is 2.45 bits per heavy atom. The second-order valence-corrected chi connectivity index (χ2v) is 7.68. The van der Waals surface area contributed by atoms with E-state index in [0.717, 1.165) is 29.1 Å². The monoisotopic (exact) mass is 393 g/mol. The molecule has 0 radical (unpaired) electrons. The fraction of sp³-hybridized carbons (Fsp3) is 0.304. The predicted molar refractivity (Wildman–Crippen MR) is 112 cm³/mol. The summed E-state index contributed by atoms with van der Waals surface area (Å²) in [4.78, 5) is 18.8. The molecule has 0 saturated carbocycles. The molecule has 1 unspecified atom stereocenters. The minimum Gasteiger partial charge on any atom is -0.489 e. The van der Waals surface area contributed by atoms with Gasteiger partial charge in [0.1, 0.15) is 23.8 Å². The Hall–Kier alpha value is -3.28. The van der Waals surface area contributed by atoms with Crippen LogP contribution in [0.4, 0.5) is 4.79 Å². The molecule has 3 N–H and O–H groups in total. The minimum absolute atomic E-state index is 0.0513. The summed E-state index contributed by atoms with van der Waals surface area (Å²) in [6.45, 7) is 4.25. The lowest BCUT2D eigenvalue weighted by Crippen LogP contribution is -2.33. The molecule has 1 amide bonds. The Morgan fingerprint density at radius 1 is 1.10 bits per heavy atom. The van der Waals surface area contributed by atoms with Gasteiger partial charge in [-0.3, -0.25) is 0 Å². The number of hydrogen-bond acceptors (Lipinski definition) is 4. The number of primary amides is 1. The molecule has 29 heavy (non-hydrogen) atoms. The maximum absolute atomic E-state index is 11.2. The number of nitrogens with zero attached hydrogens (tertiary/aromatic N) is 1. The second-order valence-electron chi connectivity index (χ2n) is 7.68. The molecule has 0 aliphatic heterocycles. The number of benzene rings is 2. The molecule has 1 heterocycles. The van der Waals surface area contributed by atoms with Gasteiger partial charge in [-0.05, 0) is 49.9 Å². The Bertz CT molecular complexity index is 891. The Morgan fingerprint density at radius 2 is 1.83 bits per heavy atom. The van der Waals surface area contributed by atoms with Gasteiger partial charge in [-0.2, -0.15) is 0 Å². The highest BCUT2D eigenvalue weighted by Gasteiger charge is 2.29. The topological polar surface area (TPSA) is 90.2 Å². The van der Waals surface area contributed by atoms with Crippen molar-refractivity contribution in [2.45, 2.75) is 44.8 Å². The average molecular weight is 393 g/mol. The summed E-state index contributed by atoms with van der Waals surface area (Å²) in [5.74, 6) is 1.73. The van der Waals surface area contributed by atoms with E-state index in [1.54, 1.807) is 12.4 Å². The van der Waals surface area contributed by atoms with Gasteiger partial charge in [0.05, 0.1) is 0 Å². The molecule has 1 atom stereocenters. The van der Waals surface area contributed by atoms with Crippen LogP contribution in [0.3, 0.4) is 0 Å². The van der Waals surface area contributed by atoms with Crippen molar-refractivity contribution in [1.82, 2.24) is 9.97 Å². The molecule has 0 bridgehead atoms. The number of hydrogen-bond donors (Lipinski definition) is 2. The third-order valence-corrected chi connectivity index (χ3v) is 4.67. The van der Waals surface area contributed by atoms with Crippen LogP contribution in [-0.2, 0) is 17.8 Å². The van der Waals surface area contributed by atoms with E-state index in [-0.39, 0.29) is 5.92 Å². The zero-order valence-electron chi connectivity index (χ0n) is 16.8. The van der Waals surface area contributed by atoms with Crippen molar-refractivity contribution in [2.24, 2.45) is 5.73 Å². The van der Waals surface area contributed by atoms with Crippen molar-refractivity contribution in [2.75, 3.05) is 0 Å². The molecule has 152 valence electrons. The van der Waals surface area contributed by atoms with Gasteiger partial charge in [0, 0.05) is 18.3 Å². The van der Waals surface area contributed by atoms with E-state index in [1.165, 1.54) is 0 Å². The van der Waals surface area contributed by atoms with Crippen LogP contribution in [-0.4, -0.2) is 21.7 Å². The molecule has 0 saturated heterocycles. The zero-order valence-corrected chi connectivity index (χ0v) is 16.8. The summed E-state index contributed by atoms with van der Waals surface area (Å²) in [5, 5.41) is 0. The van der Waals surface area contributed by atoms with Gasteiger partial charge in [0.2, 0.25) is 0 Å². The normalized spacial score (nSPS) is 12.3. The third-order valence-electron chi connectivity index (χ3n) is 4.67. The van der Waals surface area contributed by atoms with Gasteiger partial charge in [-0.25, -0.2) is 9.78 Å². The van der Waals surface area contributed by atoms with E-state index < -0.39 is 11.7 Å². The summed E-state index contributed by atoms with van der Waals surface area (Å²) < 4.78 is 11.1. The number of ether oxygens (including phenoxy) is 2. The molecular formula is C23H27N3O3. The summed E-state index contributed by atoms with van der Waals surface area (Å²) in [6.07, 6.45) is 4.09. The quantitative estimate of drug-likeness (QED) is 0.557. The standard InChI is InChI=1S/C23H27N3O3/c1-23(2,29-22(24)27)15-19(21-25-12-13-26-21)14-17-8-10-20(11-9-17)28-16-18-6-4-3-5-7-18/h3-13,19H,14-16H2,1-2H3,(H2,24,27)(H,25,26). The third kappa shape index (κ3) is 6.38. The van der Waals surface area contributed by atoms with E-state index in [9.17, 15) is 4.79 Å². The number of aromatic nitrogens is 2. The molecule has 0 aliphatic carbocycles. The minimum atomic E-state index is -0.770. The molecule has 6 heteroatoms. The first-order valence-electron chi connectivity index (χ1n) is 9.65. The van der Waals surface area contributed by atoms with E-state index in [4.69, 9.17) is 15.2 Å². The van der Waals surface area contributed by atoms with Crippen molar-refractivity contribution < 1.29 is 14.3 Å². The van der Waals surface area contributed by atoms with E-state index >= 15 is 0 Å².